The number of phenolic OH excluding ortho intramolecular Hbond substituents is 1. The first-order chi connectivity index (χ1) is 15.9. The summed E-state index contributed by atoms with van der Waals surface area (Å²) in [6.45, 7) is 0.264. The number of ether oxygens (including phenoxy) is 2. The van der Waals surface area contributed by atoms with Crippen molar-refractivity contribution in [2.24, 2.45) is 5.92 Å². The van der Waals surface area contributed by atoms with Gasteiger partial charge in [0.15, 0.2) is 6.29 Å². The van der Waals surface area contributed by atoms with Crippen LogP contribution in [-0.2, 0) is 14.3 Å². The van der Waals surface area contributed by atoms with E-state index in [1.54, 1.807) is 42.5 Å². The molecule has 7 nitrogen and oxygen atoms in total. The molecular formula is C25H23ClO7. The third kappa shape index (κ3) is 5.27. The van der Waals surface area contributed by atoms with E-state index in [0.29, 0.717) is 34.4 Å². The fourth-order valence-electron chi connectivity index (χ4n) is 3.87. The molecule has 1 aliphatic heterocycles. The van der Waals surface area contributed by atoms with Gasteiger partial charge in [-0.25, -0.2) is 0 Å². The summed E-state index contributed by atoms with van der Waals surface area (Å²) in [7, 11) is 0. The van der Waals surface area contributed by atoms with Gasteiger partial charge in [-0.2, -0.15) is 0 Å². The summed E-state index contributed by atoms with van der Waals surface area (Å²) in [4.78, 5) is 23.8. The van der Waals surface area contributed by atoms with E-state index in [0.717, 1.165) is 0 Å². The van der Waals surface area contributed by atoms with Crippen LogP contribution in [-0.4, -0.2) is 22.8 Å². The van der Waals surface area contributed by atoms with Crippen LogP contribution in [0.1, 0.15) is 42.8 Å². The Bertz CT molecular complexity index is 1230. The lowest BCUT2D eigenvalue weighted by atomic mass is 9.91. The normalized spacial score (nSPS) is 20.9. The van der Waals surface area contributed by atoms with E-state index in [9.17, 15) is 14.7 Å². The molecule has 4 rings (SSSR count). The van der Waals surface area contributed by atoms with Crippen molar-refractivity contribution in [3.63, 3.8) is 0 Å². The maximum absolute atomic E-state index is 13.1. The van der Waals surface area contributed by atoms with Gasteiger partial charge in [-0.1, -0.05) is 42.0 Å². The van der Waals surface area contributed by atoms with E-state index in [4.69, 9.17) is 30.6 Å². The second kappa shape index (κ2) is 10.2. The van der Waals surface area contributed by atoms with Crippen molar-refractivity contribution < 1.29 is 28.9 Å². The number of hydrogen-bond donors (Lipinski definition) is 2. The number of aliphatic carboxylic acids is 1. The van der Waals surface area contributed by atoms with E-state index in [2.05, 4.69) is 0 Å². The molecule has 1 aromatic heterocycles. The Morgan fingerprint density at radius 2 is 1.97 bits per heavy atom. The summed E-state index contributed by atoms with van der Waals surface area (Å²) in [6.07, 6.45) is 4.52. The van der Waals surface area contributed by atoms with E-state index in [1.807, 2.05) is 12.2 Å². The lowest BCUT2D eigenvalue weighted by molar-refractivity contribution is -0.244. The van der Waals surface area contributed by atoms with Crippen molar-refractivity contribution in [1.29, 1.82) is 0 Å². The molecule has 172 valence electrons. The van der Waals surface area contributed by atoms with Crippen LogP contribution in [0.3, 0.4) is 0 Å². The van der Waals surface area contributed by atoms with Gasteiger partial charge in [-0.3, -0.25) is 9.59 Å². The summed E-state index contributed by atoms with van der Waals surface area (Å²) in [6, 6.07) is 11.7. The summed E-state index contributed by atoms with van der Waals surface area (Å²) in [5.41, 5.74) is 0.904. The molecule has 8 heteroatoms. The molecule has 0 bridgehead atoms. The van der Waals surface area contributed by atoms with Gasteiger partial charge in [0.05, 0.1) is 23.7 Å². The predicted octanol–water partition coefficient (Wildman–Crippen LogP) is 5.37. The van der Waals surface area contributed by atoms with Crippen LogP contribution in [0.25, 0.3) is 11.0 Å². The van der Waals surface area contributed by atoms with Crippen molar-refractivity contribution >= 4 is 28.5 Å². The molecule has 3 unspecified atom stereocenters. The molecule has 0 radical (unpaired) electrons. The van der Waals surface area contributed by atoms with Crippen LogP contribution in [0.4, 0.5) is 0 Å². The molecule has 0 saturated carbocycles. The molecule has 1 fully saturated rings. The van der Waals surface area contributed by atoms with E-state index >= 15 is 0 Å². The quantitative estimate of drug-likeness (QED) is 0.447. The maximum atomic E-state index is 13.1. The minimum Gasteiger partial charge on any atom is -0.508 e. The van der Waals surface area contributed by atoms with Crippen molar-refractivity contribution in [1.82, 2.24) is 0 Å². The lowest BCUT2D eigenvalue weighted by Crippen LogP contribution is -2.32. The highest BCUT2D eigenvalue weighted by molar-refractivity contribution is 6.31. The highest BCUT2D eigenvalue weighted by Gasteiger charge is 2.36. The predicted molar refractivity (Wildman–Crippen MR) is 122 cm³/mol. The number of benzene rings is 2. The monoisotopic (exact) mass is 470 g/mol. The number of phenols is 1. The fraction of sp³-hybridized carbons (Fsp3) is 0.280. The van der Waals surface area contributed by atoms with E-state index in [1.165, 1.54) is 6.26 Å². The molecule has 2 aromatic carbocycles. The zero-order chi connectivity index (χ0) is 23.4. The second-order valence-corrected chi connectivity index (χ2v) is 8.28. The lowest BCUT2D eigenvalue weighted by Gasteiger charge is -2.36. The minimum atomic E-state index is -0.985. The van der Waals surface area contributed by atoms with Crippen LogP contribution >= 0.6 is 11.6 Å². The van der Waals surface area contributed by atoms with Gasteiger partial charge in [0, 0.05) is 22.9 Å². The van der Waals surface area contributed by atoms with E-state index < -0.39 is 18.4 Å². The van der Waals surface area contributed by atoms with Gasteiger partial charge in [0.1, 0.15) is 17.6 Å². The number of fused-ring (bicyclic) bond motifs is 1. The van der Waals surface area contributed by atoms with E-state index in [-0.39, 0.29) is 35.7 Å². The van der Waals surface area contributed by atoms with Crippen molar-refractivity contribution in [2.45, 2.75) is 31.7 Å². The largest absolute Gasteiger partial charge is 0.508 e. The Morgan fingerprint density at radius 1 is 1.15 bits per heavy atom. The average Bonchev–Trinajstić information content (AvgIpc) is 2.80. The van der Waals surface area contributed by atoms with Gasteiger partial charge in [-0.05, 0) is 37.1 Å². The van der Waals surface area contributed by atoms with Crippen molar-refractivity contribution in [3.05, 3.63) is 87.3 Å². The average molecular weight is 471 g/mol. The van der Waals surface area contributed by atoms with Crippen molar-refractivity contribution in [2.75, 3.05) is 6.61 Å². The first-order valence-corrected chi connectivity index (χ1v) is 10.9. The first kappa shape index (κ1) is 23.0. The molecule has 33 heavy (non-hydrogen) atoms. The summed E-state index contributed by atoms with van der Waals surface area (Å²) >= 11 is 6.05. The van der Waals surface area contributed by atoms with Crippen molar-refractivity contribution in [3.8, 4) is 5.75 Å². The number of carboxylic acid groups (broad SMARTS) is 1. The first-order valence-electron chi connectivity index (χ1n) is 10.6. The van der Waals surface area contributed by atoms with Gasteiger partial charge in [0.25, 0.3) is 0 Å². The topological polar surface area (TPSA) is 106 Å². The van der Waals surface area contributed by atoms with Crippen LogP contribution in [0.15, 0.2) is 70.1 Å². The fourth-order valence-corrected chi connectivity index (χ4v) is 4.04. The van der Waals surface area contributed by atoms with Gasteiger partial charge < -0.3 is 24.1 Å². The number of carboxylic acids is 1. The number of halogens is 1. The highest BCUT2D eigenvalue weighted by atomic mass is 35.5. The molecule has 1 aliphatic rings. The number of aromatic hydroxyl groups is 1. The molecule has 1 saturated heterocycles. The minimum absolute atomic E-state index is 0.0564. The number of hydrogen-bond acceptors (Lipinski definition) is 6. The Kier molecular flexibility index (Phi) is 7.13. The molecular weight excluding hydrogens is 448 g/mol. The van der Waals surface area contributed by atoms with Crippen LogP contribution < -0.4 is 5.43 Å². The Balaban J connectivity index is 1.61. The summed E-state index contributed by atoms with van der Waals surface area (Å²) in [5, 5.41) is 20.0. The third-order valence-corrected chi connectivity index (χ3v) is 5.78. The second-order valence-electron chi connectivity index (χ2n) is 7.84. The smallest absolute Gasteiger partial charge is 0.303 e. The molecule has 0 amide bonds. The summed E-state index contributed by atoms with van der Waals surface area (Å²) < 4.78 is 17.7. The van der Waals surface area contributed by atoms with Gasteiger partial charge >= 0.3 is 5.97 Å². The van der Waals surface area contributed by atoms with Crippen LogP contribution in [0, 0.1) is 5.92 Å². The zero-order valence-electron chi connectivity index (χ0n) is 17.6. The standard InChI is InChI=1S/C25H23ClO7/c26-16-10-11-21-18(12-16)23(30)19(14-31-21)25-32-13-15(6-2-1-3-9-22(28)29)24(33-25)17-7-4-5-8-20(17)27/h1-2,4-5,7-8,10-12,14-15,24-25,27H,3,6,9,13H2,(H,28,29). The number of rotatable bonds is 7. The number of para-hydroxylation sites is 1. The van der Waals surface area contributed by atoms with Crippen LogP contribution in [0.5, 0.6) is 5.75 Å². The van der Waals surface area contributed by atoms with Gasteiger partial charge in [-0.15, -0.1) is 0 Å². The number of carbonyl (C=O) groups is 1. The molecule has 3 aromatic rings. The van der Waals surface area contributed by atoms with Gasteiger partial charge in [0.2, 0.25) is 5.43 Å². The summed E-state index contributed by atoms with van der Waals surface area (Å²) in [5.74, 6) is -0.924. The zero-order valence-corrected chi connectivity index (χ0v) is 18.4. The maximum Gasteiger partial charge on any atom is 0.303 e. The Morgan fingerprint density at radius 3 is 2.76 bits per heavy atom. The molecule has 0 spiro atoms. The third-order valence-electron chi connectivity index (χ3n) is 5.55. The van der Waals surface area contributed by atoms with Crippen LogP contribution in [0.2, 0.25) is 5.02 Å². The highest BCUT2D eigenvalue weighted by Crippen LogP contribution is 2.42. The Labute approximate surface area is 194 Å². The Hall–Kier alpha value is -3.13. The molecule has 3 atom stereocenters. The molecule has 0 aliphatic carbocycles. The molecule has 2 heterocycles. The number of allylic oxidation sites excluding steroid dienone is 2. The SMILES string of the molecule is O=C(O)CCC=CCC1COC(c2coc3ccc(Cl)cc3c2=O)OC1c1ccccc1O. The molecule has 2 N–H and O–H groups in total.